The second-order valence-electron chi connectivity index (χ2n) is 4.51. The Bertz CT molecular complexity index is 769. The first-order valence-corrected chi connectivity index (χ1v) is 8.83. The quantitative estimate of drug-likeness (QED) is 0.615. The number of rotatable bonds is 5. The van der Waals surface area contributed by atoms with Crippen molar-refractivity contribution in [3.05, 3.63) is 58.6 Å². The van der Waals surface area contributed by atoms with Crippen LogP contribution in [0.5, 0.6) is 5.75 Å². The molecule has 0 amide bonds. The number of nitrogens with zero attached hydrogens (tertiary/aromatic N) is 1. The van der Waals surface area contributed by atoms with Crippen LogP contribution in [0, 0.1) is 0 Å². The monoisotopic (exact) mass is 382 g/mol. The van der Waals surface area contributed by atoms with E-state index < -0.39 is 10.0 Å². The number of halogens is 1. The van der Waals surface area contributed by atoms with Crippen molar-refractivity contribution in [2.24, 2.45) is 5.10 Å². The zero-order valence-electron chi connectivity index (χ0n) is 11.8. The number of aromatic hydroxyl groups is 1. The van der Waals surface area contributed by atoms with Crippen LogP contribution in [0.15, 0.2) is 63.0 Å². The molecular weight excluding hydrogens is 368 g/mol. The zero-order valence-corrected chi connectivity index (χ0v) is 14.2. The zero-order chi connectivity index (χ0) is 16.2. The third-order valence-electron chi connectivity index (χ3n) is 2.96. The number of hydrogen-bond donors (Lipinski definition) is 2. The van der Waals surface area contributed by atoms with Gasteiger partial charge in [0.15, 0.2) is 0 Å². The van der Waals surface area contributed by atoms with Crippen LogP contribution >= 0.6 is 15.9 Å². The Morgan fingerprint density at radius 3 is 2.27 bits per heavy atom. The Balaban J connectivity index is 2.24. The summed E-state index contributed by atoms with van der Waals surface area (Å²) in [4.78, 5) is 2.38. The van der Waals surface area contributed by atoms with Gasteiger partial charge in [-0.25, -0.2) is 0 Å². The summed E-state index contributed by atoms with van der Waals surface area (Å²) in [5.41, 5.74) is 1.33. The van der Waals surface area contributed by atoms with Gasteiger partial charge in [0.2, 0.25) is 0 Å². The lowest BCUT2D eigenvalue weighted by Gasteiger charge is -2.07. The molecule has 0 radical (unpaired) electrons. The predicted octanol–water partition coefficient (Wildman–Crippen LogP) is 3.25. The maximum Gasteiger partial charge on any atom is 0.276 e. The van der Waals surface area contributed by atoms with Crippen LogP contribution in [-0.2, 0) is 10.0 Å². The highest BCUT2D eigenvalue weighted by Crippen LogP contribution is 2.15. The number of phenolic OH excluding ortho intramolecular Hbond substituents is 1. The minimum atomic E-state index is -3.71. The average Bonchev–Trinajstić information content (AvgIpc) is 2.50. The van der Waals surface area contributed by atoms with Crippen molar-refractivity contribution in [3.8, 4) is 5.75 Å². The standard InChI is InChI=1S/C15H15BrN2O3S/c1-2-15(11-3-7-13(19)8-4-11)17-18-22(20,21)14-9-5-12(16)6-10-14/h3-10,18-19H,2H2,1H3. The summed E-state index contributed by atoms with van der Waals surface area (Å²) in [6.45, 7) is 1.87. The van der Waals surface area contributed by atoms with Gasteiger partial charge in [0.1, 0.15) is 5.75 Å². The first-order valence-electron chi connectivity index (χ1n) is 6.55. The summed E-state index contributed by atoms with van der Waals surface area (Å²) >= 11 is 3.26. The Kier molecular flexibility index (Phi) is 5.20. The van der Waals surface area contributed by atoms with Crippen molar-refractivity contribution in [2.75, 3.05) is 0 Å². The third kappa shape index (κ3) is 4.08. The van der Waals surface area contributed by atoms with E-state index in [2.05, 4.69) is 25.9 Å². The van der Waals surface area contributed by atoms with Crippen LogP contribution in [-0.4, -0.2) is 19.2 Å². The molecule has 0 spiro atoms. The molecule has 2 rings (SSSR count). The van der Waals surface area contributed by atoms with Gasteiger partial charge in [0.05, 0.1) is 10.6 Å². The molecule has 0 unspecified atom stereocenters. The van der Waals surface area contributed by atoms with Crippen LogP contribution < -0.4 is 4.83 Å². The number of benzene rings is 2. The molecule has 0 fully saturated rings. The lowest BCUT2D eigenvalue weighted by atomic mass is 10.1. The van der Waals surface area contributed by atoms with Crippen LogP contribution in [0.3, 0.4) is 0 Å². The van der Waals surface area contributed by atoms with Crippen molar-refractivity contribution >= 4 is 31.7 Å². The normalized spacial score (nSPS) is 12.2. The molecule has 0 aromatic heterocycles. The highest BCUT2D eigenvalue weighted by molar-refractivity contribution is 9.10. The van der Waals surface area contributed by atoms with E-state index in [9.17, 15) is 13.5 Å². The van der Waals surface area contributed by atoms with Crippen LogP contribution in [0.2, 0.25) is 0 Å². The van der Waals surface area contributed by atoms with Crippen molar-refractivity contribution < 1.29 is 13.5 Å². The van der Waals surface area contributed by atoms with Gasteiger partial charge >= 0.3 is 0 Å². The fourth-order valence-corrected chi connectivity index (χ4v) is 2.88. The molecule has 0 atom stereocenters. The number of nitrogens with one attached hydrogen (secondary N) is 1. The smallest absolute Gasteiger partial charge is 0.276 e. The minimum absolute atomic E-state index is 0.139. The largest absolute Gasteiger partial charge is 0.508 e. The number of sulfonamides is 1. The number of phenols is 1. The summed E-state index contributed by atoms with van der Waals surface area (Å²) in [6.07, 6.45) is 0.549. The fraction of sp³-hybridized carbons (Fsp3) is 0.133. The molecule has 0 aliphatic carbocycles. The molecular formula is C15H15BrN2O3S. The molecule has 0 bridgehead atoms. The van der Waals surface area contributed by atoms with Gasteiger partial charge < -0.3 is 5.11 Å². The van der Waals surface area contributed by atoms with Crippen LogP contribution in [0.1, 0.15) is 18.9 Å². The Hall–Kier alpha value is -1.86. The van der Waals surface area contributed by atoms with E-state index in [1.54, 1.807) is 24.3 Å². The average molecular weight is 383 g/mol. The lowest BCUT2D eigenvalue weighted by molar-refractivity contribution is 0.475. The van der Waals surface area contributed by atoms with E-state index >= 15 is 0 Å². The highest BCUT2D eigenvalue weighted by Gasteiger charge is 2.13. The summed E-state index contributed by atoms with van der Waals surface area (Å²) < 4.78 is 25.2. The fourth-order valence-electron chi connectivity index (χ4n) is 1.78. The summed E-state index contributed by atoms with van der Waals surface area (Å²) in [6, 6.07) is 12.7. The maximum absolute atomic E-state index is 12.2. The van der Waals surface area contributed by atoms with Gasteiger partial charge in [0.25, 0.3) is 10.0 Å². The van der Waals surface area contributed by atoms with E-state index in [-0.39, 0.29) is 10.6 Å². The van der Waals surface area contributed by atoms with Crippen molar-refractivity contribution in [3.63, 3.8) is 0 Å². The number of hydrazone groups is 1. The van der Waals surface area contributed by atoms with Gasteiger partial charge in [-0.05, 0) is 60.5 Å². The minimum Gasteiger partial charge on any atom is -0.508 e. The third-order valence-corrected chi connectivity index (χ3v) is 4.71. The molecule has 5 nitrogen and oxygen atoms in total. The topological polar surface area (TPSA) is 78.8 Å². The van der Waals surface area contributed by atoms with Crippen LogP contribution in [0.4, 0.5) is 0 Å². The summed E-state index contributed by atoms with van der Waals surface area (Å²) in [5, 5.41) is 13.3. The van der Waals surface area contributed by atoms with Crippen molar-refractivity contribution in [2.45, 2.75) is 18.2 Å². The second-order valence-corrected chi connectivity index (χ2v) is 7.08. The van der Waals surface area contributed by atoms with Gasteiger partial charge in [-0.1, -0.05) is 22.9 Å². The first-order chi connectivity index (χ1) is 10.4. The summed E-state index contributed by atoms with van der Waals surface area (Å²) in [5.74, 6) is 0.148. The molecule has 2 aromatic carbocycles. The molecule has 0 saturated heterocycles. The Morgan fingerprint density at radius 1 is 1.14 bits per heavy atom. The SMILES string of the molecule is CCC(=NNS(=O)(=O)c1ccc(Br)cc1)c1ccc(O)cc1. The van der Waals surface area contributed by atoms with Gasteiger partial charge in [-0.3, -0.25) is 0 Å². The Labute approximate surface area is 137 Å². The Morgan fingerprint density at radius 2 is 1.73 bits per heavy atom. The van der Waals surface area contributed by atoms with E-state index in [1.165, 1.54) is 24.3 Å². The van der Waals surface area contributed by atoms with Crippen molar-refractivity contribution in [1.82, 2.24) is 4.83 Å². The molecule has 7 heteroatoms. The lowest BCUT2D eigenvalue weighted by Crippen LogP contribution is -2.20. The predicted molar refractivity (Wildman–Crippen MR) is 89.4 cm³/mol. The molecule has 2 N–H and O–H groups in total. The van der Waals surface area contributed by atoms with Gasteiger partial charge in [0, 0.05) is 4.47 Å². The van der Waals surface area contributed by atoms with E-state index in [4.69, 9.17) is 0 Å². The molecule has 0 saturated carbocycles. The second kappa shape index (κ2) is 6.93. The van der Waals surface area contributed by atoms with Crippen LogP contribution in [0.25, 0.3) is 0 Å². The molecule has 2 aromatic rings. The molecule has 116 valence electrons. The highest BCUT2D eigenvalue weighted by atomic mass is 79.9. The molecule has 0 heterocycles. The van der Waals surface area contributed by atoms with Gasteiger partial charge in [-0.15, -0.1) is 0 Å². The molecule has 22 heavy (non-hydrogen) atoms. The van der Waals surface area contributed by atoms with E-state index in [0.717, 1.165) is 10.0 Å². The van der Waals surface area contributed by atoms with E-state index in [1.807, 2.05) is 6.92 Å². The first kappa shape index (κ1) is 16.5. The number of hydrogen-bond acceptors (Lipinski definition) is 4. The molecule has 0 aliphatic rings. The maximum atomic E-state index is 12.2. The molecule has 0 aliphatic heterocycles. The van der Waals surface area contributed by atoms with E-state index in [0.29, 0.717) is 12.1 Å². The summed E-state index contributed by atoms with van der Waals surface area (Å²) in [7, 11) is -3.71. The van der Waals surface area contributed by atoms with Crippen molar-refractivity contribution in [1.29, 1.82) is 0 Å². The van der Waals surface area contributed by atoms with Gasteiger partial charge in [-0.2, -0.15) is 18.4 Å².